The molecule has 1 saturated heterocycles. The highest BCUT2D eigenvalue weighted by atomic mass is 32.2. The third-order valence-electron chi connectivity index (χ3n) is 7.60. The molecule has 3 aromatic carbocycles. The highest BCUT2D eigenvalue weighted by molar-refractivity contribution is 8.00. The van der Waals surface area contributed by atoms with Gasteiger partial charge in [0.25, 0.3) is 5.91 Å². The van der Waals surface area contributed by atoms with Crippen molar-refractivity contribution in [3.63, 3.8) is 0 Å². The van der Waals surface area contributed by atoms with Gasteiger partial charge in [-0.1, -0.05) is 6.07 Å². The maximum Gasteiger partial charge on any atom is 0.332 e. The van der Waals surface area contributed by atoms with Gasteiger partial charge in [-0.25, -0.2) is 18.9 Å². The molecular weight excluding hydrogens is 585 g/mol. The van der Waals surface area contributed by atoms with Gasteiger partial charge in [-0.15, -0.1) is 11.8 Å². The van der Waals surface area contributed by atoms with Crippen molar-refractivity contribution >= 4 is 52.8 Å². The molecule has 0 aromatic heterocycles. The smallest absolute Gasteiger partial charge is 0.332 e. The summed E-state index contributed by atoms with van der Waals surface area (Å²) < 4.78 is 18.9. The number of hydrogen-bond acceptors (Lipinski definition) is 7. The van der Waals surface area contributed by atoms with Gasteiger partial charge in [0.05, 0.1) is 42.4 Å². The fourth-order valence-corrected chi connectivity index (χ4v) is 5.68. The quantitative estimate of drug-likeness (QED) is 0.166. The molecule has 0 unspecified atom stereocenters. The van der Waals surface area contributed by atoms with Crippen LogP contribution in [0.3, 0.4) is 0 Å². The van der Waals surface area contributed by atoms with Crippen LogP contribution in [0.15, 0.2) is 65.6 Å². The van der Waals surface area contributed by atoms with E-state index in [0.717, 1.165) is 34.3 Å². The Hall–Kier alpha value is -4.89. The molecule has 3 aromatic rings. The minimum atomic E-state index is -1.24. The first kappa shape index (κ1) is 30.6. The SMILES string of the molecule is COC(=O)CSc1ccc(NC(=O)Nc2cc(F)ccc2CN2C(=O)N(c3ccc(C#N)c(C4CC4)c3)C(=O)C2(C)C)cc1. The summed E-state index contributed by atoms with van der Waals surface area (Å²) in [6.07, 6.45) is 1.90. The molecule has 0 atom stereocenters. The number of imide groups is 1. The van der Waals surface area contributed by atoms with Crippen LogP contribution in [0.5, 0.6) is 0 Å². The third-order valence-corrected chi connectivity index (χ3v) is 8.59. The number of urea groups is 2. The Bertz CT molecular complexity index is 1680. The second-order valence-corrected chi connectivity index (χ2v) is 12.0. The molecule has 2 aliphatic rings. The molecule has 0 radical (unpaired) electrons. The molecule has 1 heterocycles. The van der Waals surface area contributed by atoms with E-state index in [1.54, 1.807) is 56.3 Å². The van der Waals surface area contributed by atoms with Crippen LogP contribution >= 0.6 is 11.8 Å². The molecule has 1 saturated carbocycles. The minimum absolute atomic E-state index is 0.0815. The number of nitrogens with one attached hydrogen (secondary N) is 2. The van der Waals surface area contributed by atoms with Crippen molar-refractivity contribution < 1.29 is 28.3 Å². The molecule has 1 aliphatic heterocycles. The molecule has 44 heavy (non-hydrogen) atoms. The number of carbonyl (C=O) groups excluding carboxylic acids is 4. The fraction of sp³-hybridized carbons (Fsp3) is 0.281. The van der Waals surface area contributed by atoms with E-state index in [-0.39, 0.29) is 29.9 Å². The zero-order valence-corrected chi connectivity index (χ0v) is 25.2. The van der Waals surface area contributed by atoms with Crippen LogP contribution in [0.2, 0.25) is 0 Å². The maximum atomic E-state index is 14.3. The Labute approximate surface area is 258 Å². The molecule has 1 aliphatic carbocycles. The monoisotopic (exact) mass is 615 g/mol. The fourth-order valence-electron chi connectivity index (χ4n) is 4.95. The first-order valence-corrected chi connectivity index (χ1v) is 14.9. The maximum absolute atomic E-state index is 14.3. The average Bonchev–Trinajstić information content (AvgIpc) is 3.83. The van der Waals surface area contributed by atoms with Crippen LogP contribution in [0, 0.1) is 17.1 Å². The molecule has 0 spiro atoms. The highest BCUT2D eigenvalue weighted by Crippen LogP contribution is 2.44. The molecule has 226 valence electrons. The van der Waals surface area contributed by atoms with Crippen molar-refractivity contribution in [2.45, 2.75) is 49.6 Å². The van der Waals surface area contributed by atoms with Gasteiger partial charge in [-0.05, 0) is 98.3 Å². The molecule has 12 heteroatoms. The van der Waals surface area contributed by atoms with E-state index in [2.05, 4.69) is 21.4 Å². The number of ether oxygens (including phenoxy) is 1. The number of amides is 5. The van der Waals surface area contributed by atoms with Gasteiger partial charge in [0.1, 0.15) is 11.4 Å². The summed E-state index contributed by atoms with van der Waals surface area (Å²) >= 11 is 1.29. The van der Waals surface area contributed by atoms with Crippen LogP contribution in [0.4, 0.5) is 31.0 Å². The average molecular weight is 616 g/mol. The largest absolute Gasteiger partial charge is 0.468 e. The van der Waals surface area contributed by atoms with E-state index in [1.807, 2.05) is 0 Å². The van der Waals surface area contributed by atoms with Crippen molar-refractivity contribution in [1.29, 1.82) is 5.26 Å². The van der Waals surface area contributed by atoms with E-state index in [9.17, 15) is 28.8 Å². The Morgan fingerprint density at radius 1 is 1.07 bits per heavy atom. The summed E-state index contributed by atoms with van der Waals surface area (Å²) in [6, 6.07) is 16.6. The van der Waals surface area contributed by atoms with Crippen molar-refractivity contribution in [3.05, 3.63) is 83.2 Å². The number of nitriles is 1. The second-order valence-electron chi connectivity index (χ2n) is 11.0. The molecule has 10 nitrogen and oxygen atoms in total. The minimum Gasteiger partial charge on any atom is -0.468 e. The molecule has 5 amide bonds. The molecule has 5 rings (SSSR count). The van der Waals surface area contributed by atoms with Crippen LogP contribution in [0.1, 0.15) is 49.3 Å². The van der Waals surface area contributed by atoms with Crippen molar-refractivity contribution in [2.75, 3.05) is 28.4 Å². The van der Waals surface area contributed by atoms with Gasteiger partial charge in [-0.2, -0.15) is 5.26 Å². The zero-order chi connectivity index (χ0) is 31.6. The van der Waals surface area contributed by atoms with Gasteiger partial charge in [0, 0.05) is 10.6 Å². The van der Waals surface area contributed by atoms with Gasteiger partial charge < -0.3 is 20.3 Å². The number of methoxy groups -OCH3 is 1. The Morgan fingerprint density at radius 3 is 2.45 bits per heavy atom. The van der Waals surface area contributed by atoms with Gasteiger partial charge in [0.2, 0.25) is 0 Å². The predicted molar refractivity (Wildman–Crippen MR) is 164 cm³/mol. The van der Waals surface area contributed by atoms with E-state index in [0.29, 0.717) is 22.5 Å². The normalized spacial score (nSPS) is 15.6. The predicted octanol–water partition coefficient (Wildman–Crippen LogP) is 6.23. The number of nitrogens with zero attached hydrogens (tertiary/aromatic N) is 3. The Morgan fingerprint density at radius 2 is 1.80 bits per heavy atom. The first-order chi connectivity index (χ1) is 21.0. The van der Waals surface area contributed by atoms with Crippen LogP contribution < -0.4 is 15.5 Å². The lowest BCUT2D eigenvalue weighted by molar-refractivity contribution is -0.137. The molecule has 2 fully saturated rings. The lowest BCUT2D eigenvalue weighted by Crippen LogP contribution is -2.43. The topological polar surface area (TPSA) is 132 Å². The van der Waals surface area contributed by atoms with Crippen molar-refractivity contribution in [3.8, 4) is 6.07 Å². The summed E-state index contributed by atoms with van der Waals surface area (Å²) in [4.78, 5) is 54.8. The Kier molecular flexibility index (Phi) is 8.60. The highest BCUT2D eigenvalue weighted by Gasteiger charge is 2.52. The van der Waals surface area contributed by atoms with E-state index < -0.39 is 29.3 Å². The zero-order valence-electron chi connectivity index (χ0n) is 24.3. The summed E-state index contributed by atoms with van der Waals surface area (Å²) in [6.45, 7) is 3.19. The first-order valence-electron chi connectivity index (χ1n) is 13.9. The van der Waals surface area contributed by atoms with Gasteiger partial charge >= 0.3 is 18.0 Å². The second kappa shape index (κ2) is 12.4. The number of benzene rings is 3. The van der Waals surface area contributed by atoms with Gasteiger partial charge in [-0.3, -0.25) is 9.59 Å². The lowest BCUT2D eigenvalue weighted by atomic mass is 10.0. The number of hydrogen-bond donors (Lipinski definition) is 2. The molecule has 2 N–H and O–H groups in total. The standard InChI is InChI=1S/C32H30FN5O5S/c1-32(2)29(40)38(24-11-7-20(16-34)26(15-24)19-4-5-19)31(42)37(32)17-21-6-8-22(33)14-27(21)36-30(41)35-23-9-12-25(13-10-23)44-18-28(39)43-3/h6-15,19H,4-5,17-18H2,1-3H3,(H2,35,36,41). The Balaban J connectivity index is 1.32. The molecular formula is C32H30FN5O5S. The summed E-state index contributed by atoms with van der Waals surface area (Å²) in [5, 5.41) is 14.8. The van der Waals surface area contributed by atoms with Crippen LogP contribution in [-0.4, -0.2) is 47.2 Å². The van der Waals surface area contributed by atoms with Crippen molar-refractivity contribution in [1.82, 2.24) is 4.90 Å². The number of anilines is 3. The summed E-state index contributed by atoms with van der Waals surface area (Å²) in [7, 11) is 1.32. The van der Waals surface area contributed by atoms with Crippen LogP contribution in [0.25, 0.3) is 0 Å². The number of carbonyl (C=O) groups is 4. The number of thioether (sulfide) groups is 1. The lowest BCUT2D eigenvalue weighted by Gasteiger charge is -2.28. The summed E-state index contributed by atoms with van der Waals surface area (Å²) in [5.41, 5.74) is 1.53. The van der Waals surface area contributed by atoms with Gasteiger partial charge in [0.15, 0.2) is 0 Å². The number of rotatable bonds is 9. The van der Waals surface area contributed by atoms with E-state index in [1.165, 1.54) is 35.9 Å². The summed E-state index contributed by atoms with van der Waals surface area (Å²) in [5.74, 6) is -0.984. The molecule has 0 bridgehead atoms. The third kappa shape index (κ3) is 6.38. The number of esters is 1. The van der Waals surface area contributed by atoms with E-state index >= 15 is 0 Å². The van der Waals surface area contributed by atoms with Crippen molar-refractivity contribution in [2.24, 2.45) is 0 Å². The van der Waals surface area contributed by atoms with Crippen LogP contribution in [-0.2, 0) is 20.9 Å². The van der Waals surface area contributed by atoms with E-state index in [4.69, 9.17) is 0 Å². The number of halogens is 1.